The van der Waals surface area contributed by atoms with Gasteiger partial charge in [-0.3, -0.25) is 4.79 Å². The second-order valence-corrected chi connectivity index (χ2v) is 8.23. The van der Waals surface area contributed by atoms with E-state index in [1.807, 2.05) is 46.0 Å². The first kappa shape index (κ1) is 20.9. The van der Waals surface area contributed by atoms with Crippen LogP contribution in [0.3, 0.4) is 0 Å². The molecule has 1 aromatic heterocycles. The van der Waals surface area contributed by atoms with E-state index in [4.69, 9.17) is 5.10 Å². The molecule has 1 amide bonds. The van der Waals surface area contributed by atoms with Crippen LogP contribution in [0.15, 0.2) is 85.5 Å². The van der Waals surface area contributed by atoms with Gasteiger partial charge >= 0.3 is 0 Å². The fraction of sp³-hybridized carbons (Fsp3) is 0.185. The summed E-state index contributed by atoms with van der Waals surface area (Å²) in [6.07, 6.45) is 1.37. The van der Waals surface area contributed by atoms with Crippen molar-refractivity contribution in [1.29, 1.82) is 0 Å². The van der Waals surface area contributed by atoms with Crippen LogP contribution in [-0.2, 0) is 11.3 Å². The Morgan fingerprint density at radius 3 is 2.42 bits per heavy atom. The second kappa shape index (κ2) is 8.90. The number of fused-ring (bicyclic) bond motifs is 1. The summed E-state index contributed by atoms with van der Waals surface area (Å²) < 4.78 is 15.8. The van der Waals surface area contributed by atoms with Gasteiger partial charge in [0, 0.05) is 31.6 Å². The largest absolute Gasteiger partial charge is 0.353 e. The number of aromatic nitrogens is 2. The van der Waals surface area contributed by atoms with Gasteiger partial charge in [0.05, 0.1) is 12.1 Å². The molecular weight excluding hydrogens is 415 g/mol. The van der Waals surface area contributed by atoms with E-state index < -0.39 is 0 Å². The minimum atomic E-state index is -0.255. The highest BCUT2D eigenvalue weighted by Crippen LogP contribution is 2.32. The quantitative estimate of drug-likeness (QED) is 0.422. The van der Waals surface area contributed by atoms with Gasteiger partial charge in [0.25, 0.3) is 0 Å². The number of benzene rings is 3. The first-order chi connectivity index (χ1) is 16.1. The Balaban J connectivity index is 1.54. The van der Waals surface area contributed by atoms with Crippen molar-refractivity contribution in [3.05, 3.63) is 96.8 Å². The number of anilines is 1. The van der Waals surface area contributed by atoms with Crippen molar-refractivity contribution >= 4 is 22.6 Å². The molecule has 166 valence electrons. The maximum absolute atomic E-state index is 13.8. The van der Waals surface area contributed by atoms with Crippen molar-refractivity contribution in [3.63, 3.8) is 0 Å². The average Bonchev–Trinajstić information content (AvgIpc) is 3.21. The number of halogens is 1. The van der Waals surface area contributed by atoms with Crippen LogP contribution in [0.2, 0.25) is 0 Å². The lowest BCUT2D eigenvalue weighted by Gasteiger charge is -2.35. The van der Waals surface area contributed by atoms with Crippen LogP contribution in [0.5, 0.6) is 0 Å². The lowest BCUT2D eigenvalue weighted by atomic mass is 10.0. The van der Waals surface area contributed by atoms with E-state index in [1.165, 1.54) is 12.1 Å². The molecular formula is C27H25FN4O. The number of carbonyl (C=O) groups is 1. The third-order valence-corrected chi connectivity index (χ3v) is 6.11. The lowest BCUT2D eigenvalue weighted by Crippen LogP contribution is -2.49. The van der Waals surface area contributed by atoms with Gasteiger partial charge in [0.15, 0.2) is 0 Å². The van der Waals surface area contributed by atoms with Crippen molar-refractivity contribution in [2.24, 2.45) is 0 Å². The highest BCUT2D eigenvalue weighted by Gasteiger charge is 2.24. The minimum absolute atomic E-state index is 0.0305. The Hall–Kier alpha value is -3.93. The number of hydrogen-bond acceptors (Lipinski definition) is 3. The number of nitrogens with zero attached hydrogens (tertiary/aromatic N) is 4. The molecule has 2 heterocycles. The number of rotatable bonds is 5. The van der Waals surface area contributed by atoms with E-state index in [-0.39, 0.29) is 11.7 Å². The summed E-state index contributed by atoms with van der Waals surface area (Å²) in [5.74, 6) is 0.761. The zero-order valence-electron chi connectivity index (χ0n) is 18.3. The molecule has 0 unspecified atom stereocenters. The summed E-state index contributed by atoms with van der Waals surface area (Å²) in [5.41, 5.74) is 3.79. The van der Waals surface area contributed by atoms with Gasteiger partial charge in [-0.15, -0.1) is 0 Å². The zero-order chi connectivity index (χ0) is 22.8. The number of hydrogen-bond donors (Lipinski definition) is 0. The molecule has 6 heteroatoms. The third kappa shape index (κ3) is 4.24. The standard InChI is InChI=1S/C27H25FN4O/c1-2-26(33)30-13-15-31(16-14-30)27-24-12-11-22(21-9-6-10-23(28)17-21)18-25(24)29-32(27)19-20-7-4-3-5-8-20/h2-12,17-18H,1,13-16,19H2. The summed E-state index contributed by atoms with van der Waals surface area (Å²) in [6.45, 7) is 6.98. The Morgan fingerprint density at radius 2 is 1.70 bits per heavy atom. The topological polar surface area (TPSA) is 41.4 Å². The van der Waals surface area contributed by atoms with E-state index in [2.05, 4.69) is 29.7 Å². The van der Waals surface area contributed by atoms with E-state index in [0.717, 1.165) is 46.5 Å². The van der Waals surface area contributed by atoms with Gasteiger partial charge in [-0.05, 0) is 47.0 Å². The van der Waals surface area contributed by atoms with Gasteiger partial charge in [-0.2, -0.15) is 5.10 Å². The molecule has 5 nitrogen and oxygen atoms in total. The molecule has 5 rings (SSSR count). The van der Waals surface area contributed by atoms with E-state index in [1.54, 1.807) is 12.1 Å². The molecule has 4 aromatic rings. The molecule has 3 aromatic carbocycles. The SMILES string of the molecule is C=CC(=O)N1CCN(c2c3ccc(-c4cccc(F)c4)cc3nn2Cc2ccccc2)CC1. The van der Waals surface area contributed by atoms with Gasteiger partial charge in [0.2, 0.25) is 5.91 Å². The molecule has 1 aliphatic rings. The van der Waals surface area contributed by atoms with Crippen LogP contribution >= 0.6 is 0 Å². The van der Waals surface area contributed by atoms with Crippen LogP contribution in [0.1, 0.15) is 5.56 Å². The van der Waals surface area contributed by atoms with E-state index >= 15 is 0 Å². The Morgan fingerprint density at radius 1 is 0.939 bits per heavy atom. The first-order valence-corrected chi connectivity index (χ1v) is 11.1. The van der Waals surface area contributed by atoms with Gasteiger partial charge in [-0.25, -0.2) is 9.07 Å². The minimum Gasteiger partial charge on any atom is -0.353 e. The monoisotopic (exact) mass is 440 g/mol. The molecule has 0 spiro atoms. The van der Waals surface area contributed by atoms with Crippen LogP contribution < -0.4 is 4.90 Å². The van der Waals surface area contributed by atoms with Crippen molar-refractivity contribution in [1.82, 2.24) is 14.7 Å². The normalized spacial score (nSPS) is 14.0. The van der Waals surface area contributed by atoms with Crippen LogP contribution in [0.4, 0.5) is 10.2 Å². The summed E-state index contributed by atoms with van der Waals surface area (Å²) >= 11 is 0. The van der Waals surface area contributed by atoms with Crippen molar-refractivity contribution < 1.29 is 9.18 Å². The summed E-state index contributed by atoms with van der Waals surface area (Å²) in [4.78, 5) is 16.1. The predicted molar refractivity (Wildman–Crippen MR) is 130 cm³/mol. The number of amides is 1. The van der Waals surface area contributed by atoms with E-state index in [9.17, 15) is 9.18 Å². The summed E-state index contributed by atoms with van der Waals surface area (Å²) in [5, 5.41) is 6.00. The van der Waals surface area contributed by atoms with Crippen molar-refractivity contribution in [3.8, 4) is 11.1 Å². The smallest absolute Gasteiger partial charge is 0.246 e. The third-order valence-electron chi connectivity index (χ3n) is 6.11. The number of piperazine rings is 1. The number of carbonyl (C=O) groups excluding carboxylic acids is 1. The van der Waals surface area contributed by atoms with Crippen LogP contribution in [-0.4, -0.2) is 46.8 Å². The van der Waals surface area contributed by atoms with Crippen molar-refractivity contribution in [2.45, 2.75) is 6.54 Å². The molecule has 0 saturated carbocycles. The highest BCUT2D eigenvalue weighted by molar-refractivity contribution is 5.94. The Labute approximate surface area is 192 Å². The molecule has 0 radical (unpaired) electrons. The maximum Gasteiger partial charge on any atom is 0.246 e. The van der Waals surface area contributed by atoms with Gasteiger partial charge in [-0.1, -0.05) is 55.1 Å². The highest BCUT2D eigenvalue weighted by atomic mass is 19.1. The molecule has 0 aliphatic carbocycles. The Bertz CT molecular complexity index is 1310. The molecule has 33 heavy (non-hydrogen) atoms. The molecule has 0 N–H and O–H groups in total. The predicted octanol–water partition coefficient (Wildman–Crippen LogP) is 4.73. The zero-order valence-corrected chi connectivity index (χ0v) is 18.3. The van der Waals surface area contributed by atoms with Gasteiger partial charge < -0.3 is 9.80 Å². The summed E-state index contributed by atoms with van der Waals surface area (Å²) in [7, 11) is 0. The average molecular weight is 441 g/mol. The van der Waals surface area contributed by atoms with E-state index in [0.29, 0.717) is 19.6 Å². The maximum atomic E-state index is 13.8. The summed E-state index contributed by atoms with van der Waals surface area (Å²) in [6, 6.07) is 23.0. The second-order valence-electron chi connectivity index (χ2n) is 8.23. The molecule has 1 fully saturated rings. The lowest BCUT2D eigenvalue weighted by molar-refractivity contribution is -0.126. The van der Waals surface area contributed by atoms with Crippen molar-refractivity contribution in [2.75, 3.05) is 31.1 Å². The van der Waals surface area contributed by atoms with Crippen LogP contribution in [0.25, 0.3) is 22.0 Å². The molecule has 1 saturated heterocycles. The molecule has 1 aliphatic heterocycles. The Kier molecular flexibility index (Phi) is 5.65. The fourth-order valence-corrected chi connectivity index (χ4v) is 4.44. The first-order valence-electron chi connectivity index (χ1n) is 11.1. The van der Waals surface area contributed by atoms with Gasteiger partial charge in [0.1, 0.15) is 11.6 Å². The molecule has 0 bridgehead atoms. The van der Waals surface area contributed by atoms with Crippen LogP contribution in [0, 0.1) is 5.82 Å². The molecule has 0 atom stereocenters. The fourth-order valence-electron chi connectivity index (χ4n) is 4.44.